The molecule has 0 unspecified atom stereocenters. The van der Waals surface area contributed by atoms with Crippen LogP contribution in [0.4, 0.5) is 24.5 Å². The lowest BCUT2D eigenvalue weighted by molar-refractivity contribution is -0.274. The topological polar surface area (TPSA) is 94.2 Å². The minimum absolute atomic E-state index is 0.0561. The highest BCUT2D eigenvalue weighted by molar-refractivity contribution is 7.92. The van der Waals surface area contributed by atoms with Gasteiger partial charge in [0.15, 0.2) is 0 Å². The van der Waals surface area contributed by atoms with Gasteiger partial charge in [0.1, 0.15) is 23.8 Å². The number of hydrogen-bond acceptors (Lipinski definition) is 6. The number of halogens is 3. The van der Waals surface area contributed by atoms with Crippen LogP contribution in [-0.4, -0.2) is 41.5 Å². The van der Waals surface area contributed by atoms with Crippen molar-refractivity contribution >= 4 is 27.3 Å². The number of methoxy groups -OCH3 is 2. The minimum atomic E-state index is -4.86. The van der Waals surface area contributed by atoms with Crippen molar-refractivity contribution in [3.8, 4) is 17.2 Å². The highest BCUT2D eigenvalue weighted by Crippen LogP contribution is 2.36. The van der Waals surface area contributed by atoms with Crippen LogP contribution in [0.1, 0.15) is 5.56 Å². The molecule has 0 saturated carbocycles. The maximum Gasteiger partial charge on any atom is 0.573 e. The van der Waals surface area contributed by atoms with E-state index in [1.54, 1.807) is 25.1 Å². The zero-order valence-electron chi connectivity index (χ0n) is 19.5. The average molecular weight is 525 g/mol. The number of sulfonamides is 1. The molecule has 3 aromatic carbocycles. The Bertz CT molecular complexity index is 1310. The maximum absolute atomic E-state index is 13.6. The van der Waals surface area contributed by atoms with E-state index in [1.165, 1.54) is 50.6 Å². The van der Waals surface area contributed by atoms with Gasteiger partial charge in [0, 0.05) is 11.8 Å². The Morgan fingerprint density at radius 2 is 1.53 bits per heavy atom. The number of anilines is 2. The largest absolute Gasteiger partial charge is 0.573 e. The maximum atomic E-state index is 13.6. The zero-order valence-corrected chi connectivity index (χ0v) is 20.3. The molecule has 3 aromatic rings. The molecule has 0 radical (unpaired) electrons. The molecule has 3 rings (SSSR count). The Morgan fingerprint density at radius 1 is 0.917 bits per heavy atom. The Kier molecular flexibility index (Phi) is 7.98. The van der Waals surface area contributed by atoms with Crippen molar-refractivity contribution in [3.63, 3.8) is 0 Å². The van der Waals surface area contributed by atoms with Gasteiger partial charge in [-0.25, -0.2) is 8.42 Å². The first-order valence-corrected chi connectivity index (χ1v) is 11.8. The van der Waals surface area contributed by atoms with Crippen molar-refractivity contribution in [2.75, 3.05) is 30.4 Å². The van der Waals surface area contributed by atoms with Gasteiger partial charge >= 0.3 is 6.36 Å². The Morgan fingerprint density at radius 3 is 2.08 bits per heavy atom. The smallest absolute Gasteiger partial charge is 0.497 e. The summed E-state index contributed by atoms with van der Waals surface area (Å²) in [4.78, 5) is 12.8. The molecule has 1 N–H and O–H groups in total. The minimum Gasteiger partial charge on any atom is -0.497 e. The van der Waals surface area contributed by atoms with Crippen molar-refractivity contribution in [1.29, 1.82) is 0 Å². The molecule has 0 atom stereocenters. The van der Waals surface area contributed by atoms with Crippen molar-refractivity contribution < 1.29 is 40.6 Å². The van der Waals surface area contributed by atoms with E-state index in [2.05, 4.69) is 10.1 Å². The highest BCUT2D eigenvalue weighted by Gasteiger charge is 2.31. The summed E-state index contributed by atoms with van der Waals surface area (Å²) in [5.74, 6) is -0.714. The summed E-state index contributed by atoms with van der Waals surface area (Å²) in [5.41, 5.74) is 1.04. The summed E-state index contributed by atoms with van der Waals surface area (Å²) in [5, 5.41) is 2.48. The second-order valence-electron chi connectivity index (χ2n) is 7.48. The molecule has 0 saturated heterocycles. The third-order valence-electron chi connectivity index (χ3n) is 4.92. The first-order chi connectivity index (χ1) is 16.9. The third-order valence-corrected chi connectivity index (χ3v) is 6.70. The quantitative estimate of drug-likeness (QED) is 0.435. The molecule has 0 fully saturated rings. The summed E-state index contributed by atoms with van der Waals surface area (Å²) >= 11 is 0. The van der Waals surface area contributed by atoms with E-state index in [1.807, 2.05) is 0 Å². The van der Waals surface area contributed by atoms with E-state index in [0.717, 1.165) is 22.0 Å². The van der Waals surface area contributed by atoms with Gasteiger partial charge in [0.25, 0.3) is 10.0 Å². The van der Waals surface area contributed by atoms with Gasteiger partial charge in [-0.15, -0.1) is 13.2 Å². The molecule has 0 heterocycles. The van der Waals surface area contributed by atoms with Crippen molar-refractivity contribution in [2.24, 2.45) is 0 Å². The van der Waals surface area contributed by atoms with E-state index >= 15 is 0 Å². The van der Waals surface area contributed by atoms with E-state index < -0.39 is 34.6 Å². The van der Waals surface area contributed by atoms with E-state index in [9.17, 15) is 26.4 Å². The fourth-order valence-corrected chi connectivity index (χ4v) is 4.62. The number of aryl methyl sites for hydroxylation is 1. The second kappa shape index (κ2) is 10.8. The number of rotatable bonds is 9. The van der Waals surface area contributed by atoms with Crippen molar-refractivity contribution in [1.82, 2.24) is 0 Å². The SMILES string of the molecule is COc1ccc(OC)c(N(CC(=O)Nc2ccc(OC(F)(F)F)cc2)S(=O)(=O)c2ccc(C)cc2)c1. The van der Waals surface area contributed by atoms with Crippen LogP contribution < -0.4 is 23.8 Å². The molecule has 8 nitrogen and oxygen atoms in total. The number of nitrogens with zero attached hydrogens (tertiary/aromatic N) is 1. The number of ether oxygens (including phenoxy) is 3. The van der Waals surface area contributed by atoms with Gasteiger partial charge in [0.2, 0.25) is 5.91 Å². The van der Waals surface area contributed by atoms with Gasteiger partial charge < -0.3 is 19.5 Å². The number of amides is 1. The molecule has 192 valence electrons. The van der Waals surface area contributed by atoms with Crippen LogP contribution in [0.2, 0.25) is 0 Å². The van der Waals surface area contributed by atoms with E-state index in [0.29, 0.717) is 5.75 Å². The number of carbonyl (C=O) groups is 1. The summed E-state index contributed by atoms with van der Waals surface area (Å²) in [6.45, 7) is 1.14. The van der Waals surface area contributed by atoms with Crippen LogP contribution in [0.15, 0.2) is 71.6 Å². The van der Waals surface area contributed by atoms with Gasteiger partial charge in [0.05, 0.1) is 24.8 Å². The standard InChI is InChI=1S/C24H23F3N2O6S/c1-16-4-11-20(12-5-16)36(31,32)29(21-14-19(33-2)10-13-22(21)34-3)15-23(30)28-17-6-8-18(9-7-17)35-24(25,26)27/h4-14H,15H2,1-3H3,(H,28,30). The van der Waals surface area contributed by atoms with Crippen LogP contribution in [0.3, 0.4) is 0 Å². The normalized spacial score (nSPS) is 11.5. The first kappa shape index (κ1) is 26.7. The predicted octanol–water partition coefficient (Wildman–Crippen LogP) is 4.74. The zero-order chi connectivity index (χ0) is 26.5. The molecule has 0 bridgehead atoms. The summed E-state index contributed by atoms with van der Waals surface area (Å²) in [6.07, 6.45) is -4.86. The van der Waals surface area contributed by atoms with Gasteiger partial charge in [-0.05, 0) is 55.5 Å². The lowest BCUT2D eigenvalue weighted by atomic mass is 10.2. The molecule has 0 aromatic heterocycles. The van der Waals surface area contributed by atoms with Crippen LogP contribution in [0.5, 0.6) is 17.2 Å². The highest BCUT2D eigenvalue weighted by atomic mass is 32.2. The fourth-order valence-electron chi connectivity index (χ4n) is 3.20. The molecular weight excluding hydrogens is 501 g/mol. The third kappa shape index (κ3) is 6.60. The molecule has 0 spiro atoms. The molecule has 0 aliphatic rings. The summed E-state index contributed by atoms with van der Waals surface area (Å²) < 4.78 is 79.5. The molecule has 1 amide bonds. The van der Waals surface area contributed by atoms with Crippen molar-refractivity contribution in [2.45, 2.75) is 18.2 Å². The Labute approximate surface area is 206 Å². The molecule has 12 heteroatoms. The molecular formula is C24H23F3N2O6S. The van der Waals surface area contributed by atoms with E-state index in [-0.39, 0.29) is 22.0 Å². The number of hydrogen-bond donors (Lipinski definition) is 1. The Hall–Kier alpha value is -3.93. The van der Waals surface area contributed by atoms with Crippen LogP contribution in [0, 0.1) is 6.92 Å². The number of alkyl halides is 3. The van der Waals surface area contributed by atoms with Gasteiger partial charge in [-0.1, -0.05) is 17.7 Å². The molecule has 36 heavy (non-hydrogen) atoms. The van der Waals surface area contributed by atoms with Crippen LogP contribution in [0.25, 0.3) is 0 Å². The average Bonchev–Trinajstić information content (AvgIpc) is 2.82. The van der Waals surface area contributed by atoms with Gasteiger partial charge in [-0.2, -0.15) is 0 Å². The van der Waals surface area contributed by atoms with Crippen molar-refractivity contribution in [3.05, 3.63) is 72.3 Å². The number of nitrogens with one attached hydrogen (secondary N) is 1. The molecule has 0 aliphatic heterocycles. The monoisotopic (exact) mass is 524 g/mol. The summed E-state index contributed by atoms with van der Waals surface area (Å²) in [6, 6.07) is 15.0. The fraction of sp³-hybridized carbons (Fsp3) is 0.208. The molecule has 0 aliphatic carbocycles. The second-order valence-corrected chi connectivity index (χ2v) is 9.35. The Balaban J connectivity index is 1.94. The van der Waals surface area contributed by atoms with Gasteiger partial charge in [-0.3, -0.25) is 9.10 Å². The first-order valence-electron chi connectivity index (χ1n) is 10.4. The van der Waals surface area contributed by atoms with Crippen LogP contribution >= 0.6 is 0 Å². The van der Waals surface area contributed by atoms with Crippen LogP contribution in [-0.2, 0) is 14.8 Å². The predicted molar refractivity (Wildman–Crippen MR) is 127 cm³/mol. The lowest BCUT2D eigenvalue weighted by Gasteiger charge is -2.26. The number of carbonyl (C=O) groups excluding carboxylic acids is 1. The summed E-state index contributed by atoms with van der Waals surface area (Å²) in [7, 11) is -1.49. The lowest BCUT2D eigenvalue weighted by Crippen LogP contribution is -2.38. The van der Waals surface area contributed by atoms with E-state index in [4.69, 9.17) is 9.47 Å². The number of benzene rings is 3.